The third-order valence-electron chi connectivity index (χ3n) is 3.35. The van der Waals surface area contributed by atoms with Crippen LogP contribution in [0.25, 0.3) is 10.9 Å². The van der Waals surface area contributed by atoms with Gasteiger partial charge < -0.3 is 9.88 Å². The second-order valence-corrected chi connectivity index (χ2v) is 6.33. The molecule has 0 aliphatic rings. The molecule has 2 nitrogen and oxygen atoms in total. The number of rotatable bonds is 4. The van der Waals surface area contributed by atoms with Gasteiger partial charge in [0, 0.05) is 35.7 Å². The van der Waals surface area contributed by atoms with Crippen LogP contribution in [0, 0.1) is 0 Å². The van der Waals surface area contributed by atoms with Crippen LogP contribution in [0.5, 0.6) is 0 Å². The van der Waals surface area contributed by atoms with Crippen molar-refractivity contribution in [2.75, 3.05) is 0 Å². The summed E-state index contributed by atoms with van der Waals surface area (Å²) in [7, 11) is 0. The summed E-state index contributed by atoms with van der Waals surface area (Å²) >= 11 is 0. The normalized spacial score (nSPS) is 13.0. The van der Waals surface area contributed by atoms with Gasteiger partial charge in [-0.1, -0.05) is 12.1 Å². The van der Waals surface area contributed by atoms with Crippen LogP contribution in [0.4, 0.5) is 13.2 Å². The molecule has 5 heteroatoms. The first-order chi connectivity index (χ1) is 9.66. The van der Waals surface area contributed by atoms with E-state index >= 15 is 0 Å². The topological polar surface area (TPSA) is 17.0 Å². The predicted molar refractivity (Wildman–Crippen MR) is 79.2 cm³/mol. The van der Waals surface area contributed by atoms with Crippen molar-refractivity contribution in [3.05, 3.63) is 36.0 Å². The lowest BCUT2D eigenvalue weighted by Gasteiger charge is -2.21. The van der Waals surface area contributed by atoms with Crippen molar-refractivity contribution >= 4 is 10.9 Å². The van der Waals surface area contributed by atoms with Crippen molar-refractivity contribution in [1.82, 2.24) is 9.88 Å². The van der Waals surface area contributed by atoms with Crippen molar-refractivity contribution in [2.45, 2.75) is 52.0 Å². The lowest BCUT2D eigenvalue weighted by atomic mass is 10.1. The summed E-state index contributed by atoms with van der Waals surface area (Å²) in [6.07, 6.45) is -3.19. The number of alkyl halides is 3. The van der Waals surface area contributed by atoms with Gasteiger partial charge in [0.05, 0.1) is 6.42 Å². The molecule has 2 aromatic rings. The van der Waals surface area contributed by atoms with Crippen LogP contribution in [0.2, 0.25) is 0 Å². The molecule has 1 N–H and O–H groups in total. The third-order valence-corrected chi connectivity index (χ3v) is 3.35. The average molecular weight is 298 g/mol. The van der Waals surface area contributed by atoms with Crippen LogP contribution in [0.15, 0.2) is 30.5 Å². The number of nitrogens with zero attached hydrogens (tertiary/aromatic N) is 1. The van der Waals surface area contributed by atoms with Crippen molar-refractivity contribution in [2.24, 2.45) is 0 Å². The Morgan fingerprint density at radius 3 is 2.43 bits per heavy atom. The average Bonchev–Trinajstić information content (AvgIpc) is 2.75. The largest absolute Gasteiger partial charge is 0.390 e. The van der Waals surface area contributed by atoms with E-state index in [0.717, 1.165) is 16.5 Å². The summed E-state index contributed by atoms with van der Waals surface area (Å²) in [5.41, 5.74) is 1.96. The minimum atomic E-state index is -4.12. The summed E-state index contributed by atoms with van der Waals surface area (Å²) in [5.74, 6) is 0. The molecule has 0 aliphatic carbocycles. The Balaban J connectivity index is 2.21. The van der Waals surface area contributed by atoms with Crippen molar-refractivity contribution < 1.29 is 13.2 Å². The summed E-state index contributed by atoms with van der Waals surface area (Å²) in [6, 6.07) is 7.67. The molecule has 116 valence electrons. The fourth-order valence-corrected chi connectivity index (χ4v) is 2.24. The van der Waals surface area contributed by atoms with E-state index in [4.69, 9.17) is 0 Å². The number of aryl methyl sites for hydroxylation is 1. The zero-order chi connectivity index (χ0) is 15.7. The third kappa shape index (κ3) is 4.49. The molecule has 0 saturated carbocycles. The zero-order valence-corrected chi connectivity index (χ0v) is 12.6. The molecule has 0 aliphatic heterocycles. The number of nitrogens with one attached hydrogen (secondary N) is 1. The van der Waals surface area contributed by atoms with Gasteiger partial charge in [-0.15, -0.1) is 0 Å². The van der Waals surface area contributed by atoms with E-state index < -0.39 is 12.6 Å². The predicted octanol–water partition coefficient (Wildman–Crippen LogP) is 4.48. The first-order valence-electron chi connectivity index (χ1n) is 7.04. The van der Waals surface area contributed by atoms with E-state index in [9.17, 15) is 13.2 Å². The van der Waals surface area contributed by atoms with Gasteiger partial charge >= 0.3 is 6.18 Å². The van der Waals surface area contributed by atoms with Crippen LogP contribution in [-0.2, 0) is 13.1 Å². The first kappa shape index (κ1) is 15.9. The molecule has 0 saturated heterocycles. The fraction of sp³-hybridized carbons (Fsp3) is 0.500. The molecule has 0 spiro atoms. The molecule has 0 amide bonds. The lowest BCUT2D eigenvalue weighted by molar-refractivity contribution is -0.136. The monoisotopic (exact) mass is 298 g/mol. The summed E-state index contributed by atoms with van der Waals surface area (Å²) in [5, 5.41) is 4.42. The Morgan fingerprint density at radius 2 is 1.81 bits per heavy atom. The molecule has 0 atom stereocenters. The fourth-order valence-electron chi connectivity index (χ4n) is 2.24. The van der Waals surface area contributed by atoms with Crippen LogP contribution in [0.1, 0.15) is 32.8 Å². The second kappa shape index (κ2) is 5.72. The summed E-state index contributed by atoms with van der Waals surface area (Å²) in [6.45, 7) is 6.91. The molecule has 0 bridgehead atoms. The van der Waals surface area contributed by atoms with Gasteiger partial charge in [-0.25, -0.2) is 0 Å². The van der Waals surface area contributed by atoms with Crippen molar-refractivity contribution in [1.29, 1.82) is 0 Å². The molecular formula is C16H21F3N2. The first-order valence-corrected chi connectivity index (χ1v) is 7.04. The maximum Gasteiger partial charge on any atom is 0.390 e. The highest BCUT2D eigenvalue weighted by molar-refractivity contribution is 5.83. The summed E-state index contributed by atoms with van der Waals surface area (Å²) < 4.78 is 38.7. The number of benzene rings is 1. The van der Waals surface area contributed by atoms with Crippen LogP contribution in [-0.4, -0.2) is 16.3 Å². The Labute approximate surface area is 122 Å². The highest BCUT2D eigenvalue weighted by Gasteiger charge is 2.26. The van der Waals surface area contributed by atoms with Crippen LogP contribution < -0.4 is 5.32 Å². The van der Waals surface area contributed by atoms with Gasteiger partial charge in [0.2, 0.25) is 0 Å². The minimum absolute atomic E-state index is 0.00101. The smallest absolute Gasteiger partial charge is 0.347 e. The maximum atomic E-state index is 12.4. The van der Waals surface area contributed by atoms with E-state index in [1.807, 2.05) is 24.3 Å². The van der Waals surface area contributed by atoms with Gasteiger partial charge in [-0.2, -0.15) is 13.2 Å². The lowest BCUT2D eigenvalue weighted by Crippen LogP contribution is -2.35. The molecule has 1 aromatic carbocycles. The van der Waals surface area contributed by atoms with E-state index in [1.54, 1.807) is 10.8 Å². The van der Waals surface area contributed by atoms with Gasteiger partial charge in [-0.3, -0.25) is 0 Å². The molecule has 0 unspecified atom stereocenters. The second-order valence-electron chi connectivity index (χ2n) is 6.33. The van der Waals surface area contributed by atoms with Gasteiger partial charge in [0.25, 0.3) is 0 Å². The van der Waals surface area contributed by atoms with E-state index in [2.05, 4.69) is 26.1 Å². The Kier molecular flexibility index (Phi) is 4.33. The summed E-state index contributed by atoms with van der Waals surface area (Å²) in [4.78, 5) is 0. The Bertz CT molecular complexity index is 606. The van der Waals surface area contributed by atoms with E-state index in [-0.39, 0.29) is 12.1 Å². The molecule has 21 heavy (non-hydrogen) atoms. The zero-order valence-electron chi connectivity index (χ0n) is 12.6. The highest BCUT2D eigenvalue weighted by Crippen LogP contribution is 2.24. The van der Waals surface area contributed by atoms with Crippen LogP contribution in [0.3, 0.4) is 0 Å². The molecule has 1 heterocycles. The molecule has 0 radical (unpaired) electrons. The number of halogens is 3. The Hall–Kier alpha value is -1.49. The van der Waals surface area contributed by atoms with Crippen molar-refractivity contribution in [3.8, 4) is 0 Å². The maximum absolute atomic E-state index is 12.4. The van der Waals surface area contributed by atoms with Gasteiger partial charge in [0.15, 0.2) is 0 Å². The standard InChI is InChI=1S/C16H21F3N2/c1-15(2,3)20-11-12-5-4-6-14-13(12)7-9-21(14)10-8-16(17,18)19/h4-7,9,20H,8,10-11H2,1-3H3. The van der Waals surface area contributed by atoms with Gasteiger partial charge in [0.1, 0.15) is 0 Å². The molecular weight excluding hydrogens is 277 g/mol. The van der Waals surface area contributed by atoms with Crippen LogP contribution >= 0.6 is 0 Å². The molecule has 1 aromatic heterocycles. The number of aromatic nitrogens is 1. The Morgan fingerprint density at radius 1 is 1.10 bits per heavy atom. The van der Waals surface area contributed by atoms with E-state index in [0.29, 0.717) is 6.54 Å². The number of hydrogen-bond donors (Lipinski definition) is 1. The van der Waals surface area contributed by atoms with Crippen molar-refractivity contribution in [3.63, 3.8) is 0 Å². The number of hydrogen-bond acceptors (Lipinski definition) is 1. The van der Waals surface area contributed by atoms with Gasteiger partial charge in [-0.05, 0) is 38.5 Å². The quantitative estimate of drug-likeness (QED) is 0.880. The highest BCUT2D eigenvalue weighted by atomic mass is 19.4. The SMILES string of the molecule is CC(C)(C)NCc1cccc2c1ccn2CCC(F)(F)F. The minimum Gasteiger partial charge on any atom is -0.347 e. The molecule has 0 fully saturated rings. The van der Waals surface area contributed by atoms with E-state index in [1.165, 1.54) is 0 Å². The molecule has 2 rings (SSSR count). The number of fused-ring (bicyclic) bond motifs is 1.